The Hall–Kier alpha value is -1.06. The third-order valence-electron chi connectivity index (χ3n) is 2.24. The molecular formula is C12H16F3N. The molecule has 0 radical (unpaired) electrons. The Morgan fingerprint density at radius 1 is 1.12 bits per heavy atom. The van der Waals surface area contributed by atoms with E-state index < -0.39 is 12.6 Å². The number of alkyl halides is 3. The van der Waals surface area contributed by atoms with Gasteiger partial charge in [-0.25, -0.2) is 0 Å². The fraction of sp³-hybridized carbons (Fsp3) is 0.583. The summed E-state index contributed by atoms with van der Waals surface area (Å²) in [5, 5.41) is 0. The van der Waals surface area contributed by atoms with E-state index in [1.165, 1.54) is 0 Å². The highest BCUT2D eigenvalue weighted by Gasteiger charge is 2.27. The zero-order chi connectivity index (χ0) is 12.4. The molecule has 0 N–H and O–H groups in total. The second kappa shape index (κ2) is 4.44. The van der Waals surface area contributed by atoms with Crippen LogP contribution < -0.4 is 0 Å². The highest BCUT2D eigenvalue weighted by Crippen LogP contribution is 2.23. The molecule has 90 valence electrons. The van der Waals surface area contributed by atoms with Gasteiger partial charge in [0.05, 0.1) is 0 Å². The Morgan fingerprint density at radius 3 is 2.25 bits per heavy atom. The summed E-state index contributed by atoms with van der Waals surface area (Å²) < 4.78 is 36.1. The number of nitrogens with zero attached hydrogens (tertiary/aromatic N) is 1. The van der Waals surface area contributed by atoms with Gasteiger partial charge >= 0.3 is 6.18 Å². The van der Waals surface area contributed by atoms with Crippen LogP contribution in [0.3, 0.4) is 0 Å². The highest BCUT2D eigenvalue weighted by atomic mass is 19.4. The van der Waals surface area contributed by atoms with Gasteiger partial charge in [-0.2, -0.15) is 13.2 Å². The first kappa shape index (κ1) is 13.0. The molecule has 1 heterocycles. The smallest absolute Gasteiger partial charge is 0.257 e. The van der Waals surface area contributed by atoms with E-state index in [0.717, 1.165) is 5.69 Å². The topological polar surface area (TPSA) is 12.9 Å². The molecule has 0 fully saturated rings. The van der Waals surface area contributed by atoms with E-state index >= 15 is 0 Å². The van der Waals surface area contributed by atoms with Crippen molar-refractivity contribution < 1.29 is 13.2 Å². The van der Waals surface area contributed by atoms with Crippen molar-refractivity contribution in [2.45, 2.75) is 45.2 Å². The van der Waals surface area contributed by atoms with Gasteiger partial charge < -0.3 is 0 Å². The first-order valence-corrected chi connectivity index (χ1v) is 5.22. The number of aryl methyl sites for hydroxylation is 1. The molecule has 0 aliphatic heterocycles. The summed E-state index contributed by atoms with van der Waals surface area (Å²) in [6.45, 7) is 5.97. The number of halogens is 3. The van der Waals surface area contributed by atoms with Gasteiger partial charge in [0.25, 0.3) is 0 Å². The van der Waals surface area contributed by atoms with Crippen LogP contribution in [0.15, 0.2) is 18.2 Å². The lowest BCUT2D eigenvalue weighted by atomic mass is 9.91. The molecule has 0 unspecified atom stereocenters. The number of hydrogen-bond acceptors (Lipinski definition) is 1. The van der Waals surface area contributed by atoms with Crippen LogP contribution in [0.4, 0.5) is 13.2 Å². The molecule has 0 saturated heterocycles. The summed E-state index contributed by atoms with van der Waals surface area (Å²) in [6, 6.07) is 5.25. The van der Waals surface area contributed by atoms with Crippen LogP contribution in [0.5, 0.6) is 0 Å². The van der Waals surface area contributed by atoms with Crippen molar-refractivity contribution in [2.75, 3.05) is 0 Å². The number of aromatic nitrogens is 1. The average molecular weight is 231 g/mol. The fourth-order valence-corrected chi connectivity index (χ4v) is 1.31. The first-order valence-electron chi connectivity index (χ1n) is 5.22. The second-order valence-electron chi connectivity index (χ2n) is 4.88. The molecular weight excluding hydrogens is 215 g/mol. The number of rotatable bonds is 2. The van der Waals surface area contributed by atoms with Crippen molar-refractivity contribution in [3.63, 3.8) is 0 Å². The Morgan fingerprint density at radius 2 is 1.75 bits per heavy atom. The molecule has 0 aliphatic carbocycles. The summed E-state index contributed by atoms with van der Waals surface area (Å²) in [7, 11) is 0. The van der Waals surface area contributed by atoms with Crippen molar-refractivity contribution in [1.82, 2.24) is 4.98 Å². The summed E-state index contributed by atoms with van der Waals surface area (Å²) >= 11 is 0. The van der Waals surface area contributed by atoms with Crippen LogP contribution in [0.2, 0.25) is 0 Å². The Kier molecular flexibility index (Phi) is 3.61. The van der Waals surface area contributed by atoms with Gasteiger partial charge in [0, 0.05) is 23.2 Å². The van der Waals surface area contributed by atoms with Crippen molar-refractivity contribution in [3.8, 4) is 0 Å². The van der Waals surface area contributed by atoms with Gasteiger partial charge in [-0.3, -0.25) is 4.98 Å². The lowest BCUT2D eigenvalue weighted by Crippen LogP contribution is -2.15. The molecule has 0 saturated carbocycles. The minimum atomic E-state index is -4.11. The molecule has 0 bridgehead atoms. The van der Waals surface area contributed by atoms with Gasteiger partial charge in [0.15, 0.2) is 0 Å². The van der Waals surface area contributed by atoms with Crippen LogP contribution in [0, 0.1) is 0 Å². The van der Waals surface area contributed by atoms with Crippen LogP contribution in [-0.4, -0.2) is 11.2 Å². The van der Waals surface area contributed by atoms with Crippen LogP contribution >= 0.6 is 0 Å². The SMILES string of the molecule is CC(C)(C)c1cccc(CCC(F)(F)F)n1. The molecule has 1 aromatic rings. The highest BCUT2D eigenvalue weighted by molar-refractivity contribution is 5.17. The summed E-state index contributed by atoms with van der Waals surface area (Å²) in [5.41, 5.74) is 1.20. The zero-order valence-electron chi connectivity index (χ0n) is 9.73. The molecule has 1 nitrogen and oxygen atoms in total. The third kappa shape index (κ3) is 4.21. The Bertz CT molecular complexity index is 350. The zero-order valence-corrected chi connectivity index (χ0v) is 9.73. The molecule has 0 aromatic carbocycles. The number of pyridine rings is 1. The normalized spacial score (nSPS) is 12.9. The third-order valence-corrected chi connectivity index (χ3v) is 2.24. The van der Waals surface area contributed by atoms with Crippen molar-refractivity contribution in [3.05, 3.63) is 29.6 Å². The fourth-order valence-electron chi connectivity index (χ4n) is 1.31. The first-order chi connectivity index (χ1) is 7.18. The molecule has 0 atom stereocenters. The standard InChI is InChI=1S/C12H16F3N/c1-11(2,3)10-6-4-5-9(16-10)7-8-12(13,14)15/h4-6H,7-8H2,1-3H3. The van der Waals surface area contributed by atoms with E-state index in [9.17, 15) is 13.2 Å². The van der Waals surface area contributed by atoms with Gasteiger partial charge in [0.2, 0.25) is 0 Å². The molecule has 4 heteroatoms. The molecule has 16 heavy (non-hydrogen) atoms. The minimum absolute atomic E-state index is 0.0482. The predicted octanol–water partition coefficient (Wildman–Crippen LogP) is 3.87. The predicted molar refractivity (Wildman–Crippen MR) is 57.3 cm³/mol. The molecule has 1 aromatic heterocycles. The minimum Gasteiger partial charge on any atom is -0.257 e. The summed E-state index contributed by atoms with van der Waals surface area (Å²) in [5.74, 6) is 0. The quantitative estimate of drug-likeness (QED) is 0.752. The molecule has 0 amide bonds. The maximum atomic E-state index is 12.0. The van der Waals surface area contributed by atoms with Crippen LogP contribution in [-0.2, 0) is 11.8 Å². The van der Waals surface area contributed by atoms with E-state index in [1.54, 1.807) is 12.1 Å². The maximum Gasteiger partial charge on any atom is 0.389 e. The van der Waals surface area contributed by atoms with Crippen molar-refractivity contribution >= 4 is 0 Å². The van der Waals surface area contributed by atoms with E-state index in [1.807, 2.05) is 26.8 Å². The maximum absolute atomic E-state index is 12.0. The van der Waals surface area contributed by atoms with E-state index in [0.29, 0.717) is 5.69 Å². The molecule has 0 aliphatic rings. The summed E-state index contributed by atoms with van der Waals surface area (Å²) in [6.07, 6.45) is -4.97. The van der Waals surface area contributed by atoms with E-state index in [4.69, 9.17) is 0 Å². The average Bonchev–Trinajstić information content (AvgIpc) is 2.13. The second-order valence-corrected chi connectivity index (χ2v) is 4.88. The largest absolute Gasteiger partial charge is 0.389 e. The lowest BCUT2D eigenvalue weighted by Gasteiger charge is -2.18. The Balaban J connectivity index is 2.76. The molecule has 0 spiro atoms. The van der Waals surface area contributed by atoms with Gasteiger partial charge in [-0.1, -0.05) is 26.8 Å². The van der Waals surface area contributed by atoms with Crippen molar-refractivity contribution in [1.29, 1.82) is 0 Å². The lowest BCUT2D eigenvalue weighted by molar-refractivity contribution is -0.134. The van der Waals surface area contributed by atoms with Crippen molar-refractivity contribution in [2.24, 2.45) is 0 Å². The van der Waals surface area contributed by atoms with Gasteiger partial charge in [0.1, 0.15) is 0 Å². The monoisotopic (exact) mass is 231 g/mol. The van der Waals surface area contributed by atoms with Crippen LogP contribution in [0.1, 0.15) is 38.6 Å². The van der Waals surface area contributed by atoms with E-state index in [2.05, 4.69) is 4.98 Å². The van der Waals surface area contributed by atoms with Gasteiger partial charge in [-0.15, -0.1) is 0 Å². The molecule has 1 rings (SSSR count). The Labute approximate surface area is 93.7 Å². The summed E-state index contributed by atoms with van der Waals surface area (Å²) in [4.78, 5) is 4.25. The van der Waals surface area contributed by atoms with Crippen LogP contribution in [0.25, 0.3) is 0 Å². The van der Waals surface area contributed by atoms with Gasteiger partial charge in [-0.05, 0) is 18.6 Å². The number of hydrogen-bond donors (Lipinski definition) is 0. The van der Waals surface area contributed by atoms with E-state index in [-0.39, 0.29) is 11.8 Å².